The highest BCUT2D eigenvalue weighted by atomic mass is 32.2. The van der Waals surface area contributed by atoms with Crippen LogP contribution in [0.2, 0.25) is 0 Å². The van der Waals surface area contributed by atoms with Crippen molar-refractivity contribution in [3.05, 3.63) is 17.0 Å². The van der Waals surface area contributed by atoms with Crippen LogP contribution in [0.4, 0.5) is 0 Å². The van der Waals surface area contributed by atoms with Crippen LogP contribution in [0.1, 0.15) is 24.8 Å². The fourth-order valence-electron chi connectivity index (χ4n) is 2.11. The van der Waals surface area contributed by atoms with E-state index in [9.17, 15) is 8.42 Å². The van der Waals surface area contributed by atoms with Crippen molar-refractivity contribution < 1.29 is 13.2 Å². The van der Waals surface area contributed by atoms with Crippen molar-refractivity contribution in [1.82, 2.24) is 10.0 Å². The Morgan fingerprint density at radius 3 is 2.74 bits per heavy atom. The van der Waals surface area contributed by atoms with Gasteiger partial charge in [-0.25, -0.2) is 13.1 Å². The zero-order valence-corrected chi connectivity index (χ0v) is 12.9. The Hall–Kier alpha value is -0.470. The first-order chi connectivity index (χ1) is 9.01. The first-order valence-corrected chi connectivity index (χ1v) is 8.64. The van der Waals surface area contributed by atoms with Crippen molar-refractivity contribution in [2.24, 2.45) is 0 Å². The van der Waals surface area contributed by atoms with E-state index in [0.29, 0.717) is 17.3 Å². The van der Waals surface area contributed by atoms with Crippen LogP contribution in [0.25, 0.3) is 0 Å². The lowest BCUT2D eigenvalue weighted by Gasteiger charge is -2.40. The first-order valence-electron chi connectivity index (χ1n) is 6.28. The maximum Gasteiger partial charge on any atom is 0.250 e. The van der Waals surface area contributed by atoms with Gasteiger partial charge in [0.15, 0.2) is 0 Å². The monoisotopic (exact) mass is 304 g/mol. The Bertz CT molecular complexity index is 515. The molecule has 1 aromatic rings. The number of nitrogens with one attached hydrogen (secondary N) is 2. The van der Waals surface area contributed by atoms with E-state index >= 15 is 0 Å². The van der Waals surface area contributed by atoms with Gasteiger partial charge in [0.05, 0.1) is 5.60 Å². The van der Waals surface area contributed by atoms with E-state index in [-0.39, 0.29) is 5.60 Å². The summed E-state index contributed by atoms with van der Waals surface area (Å²) in [4.78, 5) is 0. The van der Waals surface area contributed by atoms with Gasteiger partial charge in [-0.2, -0.15) is 0 Å². The lowest BCUT2D eigenvalue weighted by atomic mass is 9.80. The van der Waals surface area contributed by atoms with Gasteiger partial charge in [-0.3, -0.25) is 0 Å². The molecule has 2 N–H and O–H groups in total. The summed E-state index contributed by atoms with van der Waals surface area (Å²) in [6.07, 6.45) is 2.93. The summed E-state index contributed by atoms with van der Waals surface area (Å²) in [6.45, 7) is 1.03. The molecule has 0 aliphatic heterocycles. The van der Waals surface area contributed by atoms with E-state index in [4.69, 9.17) is 4.74 Å². The Labute approximate surface area is 118 Å². The molecule has 1 heterocycles. The van der Waals surface area contributed by atoms with Gasteiger partial charge in [0.1, 0.15) is 4.21 Å². The standard InChI is InChI=1S/C12H20N2O3S2/c1-13-7-10-6-11(18-8-10)19(15,16)14-9-12(17-2)4-3-5-12/h6,8,13-14H,3-5,7,9H2,1-2H3. The van der Waals surface area contributed by atoms with Gasteiger partial charge >= 0.3 is 0 Å². The highest BCUT2D eigenvalue weighted by Crippen LogP contribution is 2.34. The van der Waals surface area contributed by atoms with Gasteiger partial charge < -0.3 is 10.1 Å². The maximum atomic E-state index is 12.2. The second kappa shape index (κ2) is 5.88. The molecule has 0 bridgehead atoms. The molecule has 0 atom stereocenters. The van der Waals surface area contributed by atoms with Crippen molar-refractivity contribution in [2.75, 3.05) is 20.7 Å². The molecule has 0 saturated heterocycles. The molecule has 0 spiro atoms. The number of hydrogen-bond acceptors (Lipinski definition) is 5. The smallest absolute Gasteiger partial charge is 0.250 e. The Morgan fingerprint density at radius 2 is 2.21 bits per heavy atom. The number of rotatable bonds is 7. The number of ether oxygens (including phenoxy) is 1. The van der Waals surface area contributed by atoms with Crippen LogP contribution in [0.3, 0.4) is 0 Å². The van der Waals surface area contributed by atoms with Crippen LogP contribution in [0.15, 0.2) is 15.7 Å². The summed E-state index contributed by atoms with van der Waals surface area (Å²) in [5, 5.41) is 4.87. The molecule has 1 saturated carbocycles. The Kier molecular flexibility index (Phi) is 4.62. The van der Waals surface area contributed by atoms with Crippen molar-refractivity contribution in [3.63, 3.8) is 0 Å². The van der Waals surface area contributed by atoms with Crippen LogP contribution >= 0.6 is 11.3 Å². The predicted molar refractivity (Wildman–Crippen MR) is 75.9 cm³/mol. The number of methoxy groups -OCH3 is 1. The second-order valence-electron chi connectivity index (χ2n) is 4.87. The molecule has 1 aliphatic carbocycles. The van der Waals surface area contributed by atoms with Crippen LogP contribution < -0.4 is 10.0 Å². The van der Waals surface area contributed by atoms with Crippen molar-refractivity contribution in [1.29, 1.82) is 0 Å². The largest absolute Gasteiger partial charge is 0.377 e. The van der Waals surface area contributed by atoms with E-state index in [1.165, 1.54) is 11.3 Å². The molecule has 108 valence electrons. The number of hydrogen-bond donors (Lipinski definition) is 2. The fourth-order valence-corrected chi connectivity index (χ4v) is 4.48. The van der Waals surface area contributed by atoms with Crippen LogP contribution in [0.5, 0.6) is 0 Å². The summed E-state index contributed by atoms with van der Waals surface area (Å²) in [6, 6.07) is 1.71. The van der Waals surface area contributed by atoms with Crippen molar-refractivity contribution in [3.8, 4) is 0 Å². The summed E-state index contributed by atoms with van der Waals surface area (Å²) >= 11 is 1.25. The third-order valence-corrected chi connectivity index (χ3v) is 6.45. The van der Waals surface area contributed by atoms with Crippen LogP contribution in [-0.2, 0) is 21.3 Å². The molecule has 1 aromatic heterocycles. The minimum Gasteiger partial charge on any atom is -0.377 e. The molecule has 7 heteroatoms. The molecular formula is C12H20N2O3S2. The molecule has 2 rings (SSSR count). The van der Waals surface area contributed by atoms with Gasteiger partial charge in [0, 0.05) is 20.2 Å². The van der Waals surface area contributed by atoms with Crippen molar-refractivity contribution >= 4 is 21.4 Å². The van der Waals surface area contributed by atoms with E-state index < -0.39 is 10.0 Å². The Balaban J connectivity index is 2.01. The molecule has 5 nitrogen and oxygen atoms in total. The summed E-state index contributed by atoms with van der Waals surface area (Å²) in [7, 11) is 0.0623. The Morgan fingerprint density at radius 1 is 1.47 bits per heavy atom. The molecule has 0 unspecified atom stereocenters. The molecule has 19 heavy (non-hydrogen) atoms. The van der Waals surface area contributed by atoms with Crippen LogP contribution in [0, 0.1) is 0 Å². The second-order valence-corrected chi connectivity index (χ2v) is 7.77. The highest BCUT2D eigenvalue weighted by molar-refractivity contribution is 7.91. The van der Waals surface area contributed by atoms with Gasteiger partial charge in [-0.15, -0.1) is 11.3 Å². The molecule has 1 aliphatic rings. The predicted octanol–water partition coefficient (Wildman–Crippen LogP) is 1.31. The molecule has 0 radical (unpaired) electrons. The van der Waals surface area contributed by atoms with E-state index in [2.05, 4.69) is 10.0 Å². The van der Waals surface area contributed by atoms with Gasteiger partial charge in [-0.05, 0) is 43.3 Å². The SMILES string of the molecule is CNCc1csc(S(=O)(=O)NCC2(OC)CCC2)c1. The highest BCUT2D eigenvalue weighted by Gasteiger charge is 2.38. The van der Waals surface area contributed by atoms with Gasteiger partial charge in [0.25, 0.3) is 0 Å². The average molecular weight is 304 g/mol. The lowest BCUT2D eigenvalue weighted by molar-refractivity contribution is -0.0659. The minimum atomic E-state index is -3.42. The molecule has 0 amide bonds. The van der Waals surface area contributed by atoms with Gasteiger partial charge in [0.2, 0.25) is 10.0 Å². The van der Waals surface area contributed by atoms with E-state index in [1.807, 2.05) is 12.4 Å². The van der Waals surface area contributed by atoms with Crippen molar-refractivity contribution in [2.45, 2.75) is 35.6 Å². The molecular weight excluding hydrogens is 284 g/mol. The van der Waals surface area contributed by atoms with Crippen LogP contribution in [-0.4, -0.2) is 34.7 Å². The average Bonchev–Trinajstić information content (AvgIpc) is 2.78. The topological polar surface area (TPSA) is 67.4 Å². The first kappa shape index (κ1) is 14.9. The minimum absolute atomic E-state index is 0.294. The lowest BCUT2D eigenvalue weighted by Crippen LogP contribution is -2.49. The third-order valence-electron chi connectivity index (χ3n) is 3.56. The number of thiophene rings is 1. The van der Waals surface area contributed by atoms with E-state index in [0.717, 1.165) is 24.8 Å². The normalized spacial score (nSPS) is 18.2. The summed E-state index contributed by atoms with van der Waals surface area (Å²) in [5.74, 6) is 0. The molecule has 1 fully saturated rings. The van der Waals surface area contributed by atoms with E-state index in [1.54, 1.807) is 13.2 Å². The fraction of sp³-hybridized carbons (Fsp3) is 0.667. The summed E-state index contributed by atoms with van der Waals surface area (Å²) in [5.41, 5.74) is 0.691. The molecule has 0 aromatic carbocycles. The third kappa shape index (κ3) is 3.35. The summed E-state index contributed by atoms with van der Waals surface area (Å²) < 4.78 is 32.8. The maximum absolute atomic E-state index is 12.2. The zero-order valence-electron chi connectivity index (χ0n) is 11.2. The number of sulfonamides is 1. The van der Waals surface area contributed by atoms with Gasteiger partial charge in [-0.1, -0.05) is 0 Å². The zero-order chi connectivity index (χ0) is 13.9. The quantitative estimate of drug-likeness (QED) is 0.797.